The van der Waals surface area contributed by atoms with Crippen molar-refractivity contribution in [2.24, 2.45) is 5.92 Å². The molecule has 0 fully saturated rings. The van der Waals surface area contributed by atoms with Gasteiger partial charge in [0.05, 0.1) is 17.3 Å². The molecular weight excluding hydrogens is 551 g/mol. The van der Waals surface area contributed by atoms with Crippen LogP contribution in [0, 0.1) is 5.92 Å². The molecule has 0 saturated carbocycles. The standard InChI is InChI=1S/C35H30F3N3O2/c1-3-21(2)31(33(42)39-24-15-11-14-23(20-24)35(36,37)38)41-32(25-16-7-8-17-26(25)34(41)43)29-27-18-9-10-19-28(27)40-30(29)22-12-5-4-6-13-22/h4-21,31-32,40H,3H2,1-2H3,(H,39,42). The molecule has 218 valence electrons. The molecule has 1 aliphatic heterocycles. The summed E-state index contributed by atoms with van der Waals surface area (Å²) in [5.74, 6) is -1.15. The van der Waals surface area contributed by atoms with Crippen LogP contribution in [0.15, 0.2) is 103 Å². The van der Waals surface area contributed by atoms with E-state index < -0.39 is 29.7 Å². The third-order valence-electron chi connectivity index (χ3n) is 8.29. The maximum absolute atomic E-state index is 14.3. The first-order chi connectivity index (χ1) is 20.7. The van der Waals surface area contributed by atoms with Gasteiger partial charge in [-0.15, -0.1) is 0 Å². The van der Waals surface area contributed by atoms with E-state index in [0.29, 0.717) is 12.0 Å². The van der Waals surface area contributed by atoms with E-state index in [1.165, 1.54) is 12.1 Å². The predicted octanol–water partition coefficient (Wildman–Crippen LogP) is 8.45. The Morgan fingerprint density at radius 2 is 1.63 bits per heavy atom. The highest BCUT2D eigenvalue weighted by atomic mass is 19.4. The molecule has 1 aliphatic rings. The minimum absolute atomic E-state index is 0.0194. The van der Waals surface area contributed by atoms with Crippen molar-refractivity contribution in [1.82, 2.24) is 9.88 Å². The molecule has 0 aliphatic carbocycles. The van der Waals surface area contributed by atoms with Gasteiger partial charge in [0.1, 0.15) is 6.04 Å². The van der Waals surface area contributed by atoms with Crippen LogP contribution in [0.25, 0.3) is 22.2 Å². The molecular formula is C35H30F3N3O2. The number of anilines is 1. The Balaban J connectivity index is 1.52. The van der Waals surface area contributed by atoms with Crippen LogP contribution in [0.2, 0.25) is 0 Å². The highest BCUT2D eigenvalue weighted by molar-refractivity contribution is 6.06. The van der Waals surface area contributed by atoms with Gasteiger partial charge in [-0.05, 0) is 47.4 Å². The Morgan fingerprint density at radius 3 is 2.37 bits per heavy atom. The molecule has 43 heavy (non-hydrogen) atoms. The quantitative estimate of drug-likeness (QED) is 0.203. The maximum Gasteiger partial charge on any atom is 0.416 e. The number of hydrogen-bond donors (Lipinski definition) is 2. The smallest absolute Gasteiger partial charge is 0.354 e. The number of para-hydroxylation sites is 1. The van der Waals surface area contributed by atoms with Gasteiger partial charge in [-0.1, -0.05) is 93.1 Å². The van der Waals surface area contributed by atoms with E-state index in [9.17, 15) is 22.8 Å². The van der Waals surface area contributed by atoms with Crippen molar-refractivity contribution in [2.45, 2.75) is 38.5 Å². The Hall–Kier alpha value is -4.85. The Morgan fingerprint density at radius 1 is 0.930 bits per heavy atom. The first kappa shape index (κ1) is 28.3. The van der Waals surface area contributed by atoms with E-state index in [2.05, 4.69) is 10.3 Å². The van der Waals surface area contributed by atoms with Crippen LogP contribution in [0.3, 0.4) is 0 Å². The van der Waals surface area contributed by atoms with E-state index in [1.54, 1.807) is 17.0 Å². The molecule has 8 heteroatoms. The first-order valence-corrected chi connectivity index (χ1v) is 14.2. The maximum atomic E-state index is 14.3. The molecule has 1 aromatic heterocycles. The number of benzene rings is 4. The third-order valence-corrected chi connectivity index (χ3v) is 8.29. The van der Waals surface area contributed by atoms with E-state index in [-0.39, 0.29) is 17.5 Å². The molecule has 0 saturated heterocycles. The molecule has 3 unspecified atom stereocenters. The number of fused-ring (bicyclic) bond motifs is 2. The molecule has 2 N–H and O–H groups in total. The number of alkyl halides is 3. The number of aromatic amines is 1. The number of nitrogens with zero attached hydrogens (tertiary/aromatic N) is 1. The zero-order valence-corrected chi connectivity index (χ0v) is 23.7. The second-order valence-corrected chi connectivity index (χ2v) is 10.9. The highest BCUT2D eigenvalue weighted by Gasteiger charge is 2.47. The van der Waals surface area contributed by atoms with Crippen molar-refractivity contribution in [2.75, 3.05) is 5.32 Å². The van der Waals surface area contributed by atoms with Crippen molar-refractivity contribution in [3.8, 4) is 11.3 Å². The van der Waals surface area contributed by atoms with Gasteiger partial charge in [0.25, 0.3) is 5.91 Å². The molecule has 0 spiro atoms. The fourth-order valence-electron chi connectivity index (χ4n) is 6.07. The van der Waals surface area contributed by atoms with Crippen molar-refractivity contribution in [3.05, 3.63) is 125 Å². The molecule has 5 nitrogen and oxygen atoms in total. The van der Waals surface area contributed by atoms with Crippen LogP contribution in [0.4, 0.5) is 18.9 Å². The number of carbonyl (C=O) groups excluding carboxylic acids is 2. The number of carbonyl (C=O) groups is 2. The van der Waals surface area contributed by atoms with Crippen molar-refractivity contribution >= 4 is 28.4 Å². The van der Waals surface area contributed by atoms with Gasteiger partial charge in [0.2, 0.25) is 5.91 Å². The summed E-state index contributed by atoms with van der Waals surface area (Å²) >= 11 is 0. The molecule has 4 aromatic carbocycles. The number of aromatic nitrogens is 1. The Bertz CT molecular complexity index is 1810. The summed E-state index contributed by atoms with van der Waals surface area (Å²) in [6, 6.07) is 28.0. The summed E-state index contributed by atoms with van der Waals surface area (Å²) in [4.78, 5) is 33.6. The largest absolute Gasteiger partial charge is 0.416 e. The zero-order valence-electron chi connectivity index (χ0n) is 23.7. The molecule has 5 aromatic rings. The summed E-state index contributed by atoms with van der Waals surface area (Å²) in [6.07, 6.45) is -4.00. The van der Waals surface area contributed by atoms with Gasteiger partial charge < -0.3 is 15.2 Å². The van der Waals surface area contributed by atoms with Gasteiger partial charge in [-0.2, -0.15) is 13.2 Å². The molecule has 2 heterocycles. The molecule has 3 atom stereocenters. The van der Waals surface area contributed by atoms with Gasteiger partial charge in [0, 0.05) is 27.7 Å². The van der Waals surface area contributed by atoms with Gasteiger partial charge in [0.15, 0.2) is 0 Å². The first-order valence-electron chi connectivity index (χ1n) is 14.2. The van der Waals surface area contributed by atoms with E-state index in [1.807, 2.05) is 80.6 Å². The molecule has 2 amide bonds. The van der Waals surface area contributed by atoms with Gasteiger partial charge in [-0.25, -0.2) is 0 Å². The van der Waals surface area contributed by atoms with Crippen LogP contribution in [-0.2, 0) is 11.0 Å². The zero-order chi connectivity index (χ0) is 30.3. The van der Waals surface area contributed by atoms with Crippen LogP contribution in [0.1, 0.15) is 53.4 Å². The van der Waals surface area contributed by atoms with E-state index in [0.717, 1.165) is 45.4 Å². The van der Waals surface area contributed by atoms with Crippen LogP contribution in [0.5, 0.6) is 0 Å². The lowest BCUT2D eigenvalue weighted by atomic mass is 9.90. The second-order valence-electron chi connectivity index (χ2n) is 10.9. The summed E-state index contributed by atoms with van der Waals surface area (Å²) in [7, 11) is 0. The SMILES string of the molecule is CCC(C)C(C(=O)Nc1cccc(C(F)(F)F)c1)N1C(=O)c2ccccc2C1c1c(-c2ccccc2)[nH]c2ccccc12. The molecule has 0 radical (unpaired) electrons. The number of hydrogen-bond acceptors (Lipinski definition) is 2. The van der Waals surface area contributed by atoms with Crippen molar-refractivity contribution in [3.63, 3.8) is 0 Å². The Kier molecular flexibility index (Phi) is 7.30. The molecule has 6 rings (SSSR count). The summed E-state index contributed by atoms with van der Waals surface area (Å²) < 4.78 is 40.3. The van der Waals surface area contributed by atoms with Crippen LogP contribution < -0.4 is 5.32 Å². The summed E-state index contributed by atoms with van der Waals surface area (Å²) in [5, 5.41) is 3.62. The number of nitrogens with one attached hydrogen (secondary N) is 2. The lowest BCUT2D eigenvalue weighted by molar-refractivity contribution is -0.137. The monoisotopic (exact) mass is 581 g/mol. The fourth-order valence-corrected chi connectivity index (χ4v) is 6.07. The van der Waals surface area contributed by atoms with Crippen molar-refractivity contribution in [1.29, 1.82) is 0 Å². The molecule has 0 bridgehead atoms. The minimum atomic E-state index is -4.56. The second kappa shape index (κ2) is 11.1. The third kappa shape index (κ3) is 5.07. The lowest BCUT2D eigenvalue weighted by Gasteiger charge is -2.36. The average molecular weight is 582 g/mol. The van der Waals surface area contributed by atoms with Gasteiger partial charge in [-0.3, -0.25) is 9.59 Å². The lowest BCUT2D eigenvalue weighted by Crippen LogP contribution is -2.50. The van der Waals surface area contributed by atoms with E-state index in [4.69, 9.17) is 0 Å². The topological polar surface area (TPSA) is 65.2 Å². The fraction of sp³-hybridized carbons (Fsp3) is 0.200. The predicted molar refractivity (Wildman–Crippen MR) is 162 cm³/mol. The van der Waals surface area contributed by atoms with Crippen molar-refractivity contribution < 1.29 is 22.8 Å². The number of H-pyrrole nitrogens is 1. The average Bonchev–Trinajstić information content (AvgIpc) is 3.52. The minimum Gasteiger partial charge on any atom is -0.354 e. The highest BCUT2D eigenvalue weighted by Crippen LogP contribution is 2.47. The number of rotatable bonds is 7. The van der Waals surface area contributed by atoms with Gasteiger partial charge >= 0.3 is 6.18 Å². The summed E-state index contributed by atoms with van der Waals surface area (Å²) in [5.41, 5.74) is 3.94. The van der Waals surface area contributed by atoms with Crippen LogP contribution >= 0.6 is 0 Å². The van der Waals surface area contributed by atoms with Crippen LogP contribution in [-0.4, -0.2) is 27.7 Å². The number of halogens is 3. The Labute approximate surface area is 247 Å². The normalized spacial score (nSPS) is 16.3. The summed E-state index contributed by atoms with van der Waals surface area (Å²) in [6.45, 7) is 3.82. The van der Waals surface area contributed by atoms with E-state index >= 15 is 0 Å². The number of amides is 2.